The predicted molar refractivity (Wildman–Crippen MR) is 82.3 cm³/mol. The molecule has 1 N–H and O–H groups in total. The molecule has 1 aromatic rings. The van der Waals surface area contributed by atoms with Gasteiger partial charge in [0.15, 0.2) is 0 Å². The molecule has 0 saturated carbocycles. The molecular formula is C15H23BrN2. The van der Waals surface area contributed by atoms with Crippen molar-refractivity contribution < 1.29 is 0 Å². The van der Waals surface area contributed by atoms with Gasteiger partial charge in [-0.2, -0.15) is 0 Å². The molecule has 1 aliphatic rings. The maximum absolute atomic E-state index is 3.60. The lowest BCUT2D eigenvalue weighted by atomic mass is 10.0. The summed E-state index contributed by atoms with van der Waals surface area (Å²) in [4.78, 5) is 2.55. The summed E-state index contributed by atoms with van der Waals surface area (Å²) in [5, 5.41) is 3.52. The maximum Gasteiger partial charge on any atom is 0.0428 e. The molecule has 2 unspecified atom stereocenters. The summed E-state index contributed by atoms with van der Waals surface area (Å²) in [6.45, 7) is 8.93. The lowest BCUT2D eigenvalue weighted by Gasteiger charge is -2.29. The fourth-order valence-electron chi connectivity index (χ4n) is 2.84. The van der Waals surface area contributed by atoms with Crippen LogP contribution in [-0.2, 0) is 0 Å². The Bertz CT molecular complexity index is 405. The van der Waals surface area contributed by atoms with Crippen molar-refractivity contribution in [3.63, 3.8) is 0 Å². The van der Waals surface area contributed by atoms with E-state index in [1.807, 2.05) is 0 Å². The quantitative estimate of drug-likeness (QED) is 0.900. The van der Waals surface area contributed by atoms with Crippen LogP contribution >= 0.6 is 15.9 Å². The Morgan fingerprint density at radius 1 is 1.50 bits per heavy atom. The molecule has 1 aliphatic heterocycles. The Kier molecular flexibility index (Phi) is 4.68. The monoisotopic (exact) mass is 310 g/mol. The normalized spacial score (nSPS) is 21.3. The molecule has 100 valence electrons. The van der Waals surface area contributed by atoms with Gasteiger partial charge in [-0.05, 0) is 50.9 Å². The van der Waals surface area contributed by atoms with E-state index in [1.165, 1.54) is 35.1 Å². The highest BCUT2D eigenvalue weighted by molar-refractivity contribution is 9.10. The van der Waals surface area contributed by atoms with Crippen molar-refractivity contribution in [2.75, 3.05) is 18.0 Å². The SMILES string of the molecule is CCNC(C)c1ccc(Br)cc1N1CCCC1C. The van der Waals surface area contributed by atoms with E-state index in [0.29, 0.717) is 12.1 Å². The second kappa shape index (κ2) is 6.07. The van der Waals surface area contributed by atoms with Crippen molar-refractivity contribution in [3.05, 3.63) is 28.2 Å². The van der Waals surface area contributed by atoms with Gasteiger partial charge in [0.1, 0.15) is 0 Å². The van der Waals surface area contributed by atoms with Crippen molar-refractivity contribution in [1.29, 1.82) is 0 Å². The largest absolute Gasteiger partial charge is 0.369 e. The third-order valence-electron chi connectivity index (χ3n) is 3.83. The smallest absolute Gasteiger partial charge is 0.0428 e. The van der Waals surface area contributed by atoms with Crippen molar-refractivity contribution >= 4 is 21.6 Å². The molecule has 1 fully saturated rings. The van der Waals surface area contributed by atoms with Crippen LogP contribution in [-0.4, -0.2) is 19.1 Å². The molecule has 0 bridgehead atoms. The molecule has 0 spiro atoms. The van der Waals surface area contributed by atoms with Crippen LogP contribution in [0.1, 0.15) is 45.2 Å². The summed E-state index contributed by atoms with van der Waals surface area (Å²) in [5.41, 5.74) is 2.80. The lowest BCUT2D eigenvalue weighted by Crippen LogP contribution is -2.29. The molecular weight excluding hydrogens is 288 g/mol. The van der Waals surface area contributed by atoms with E-state index in [0.717, 1.165) is 6.54 Å². The van der Waals surface area contributed by atoms with Gasteiger partial charge in [-0.3, -0.25) is 0 Å². The molecule has 0 aromatic heterocycles. The van der Waals surface area contributed by atoms with Crippen molar-refractivity contribution in [3.8, 4) is 0 Å². The highest BCUT2D eigenvalue weighted by Crippen LogP contribution is 2.34. The fraction of sp³-hybridized carbons (Fsp3) is 0.600. The number of hydrogen-bond donors (Lipinski definition) is 1. The first-order valence-corrected chi connectivity index (χ1v) is 7.72. The molecule has 18 heavy (non-hydrogen) atoms. The summed E-state index contributed by atoms with van der Waals surface area (Å²) in [5.74, 6) is 0. The summed E-state index contributed by atoms with van der Waals surface area (Å²) >= 11 is 3.60. The standard InChI is InChI=1S/C15H23BrN2/c1-4-17-12(3)14-8-7-13(16)10-15(14)18-9-5-6-11(18)2/h7-8,10-12,17H,4-6,9H2,1-3H3. The molecule has 2 atom stereocenters. The number of anilines is 1. The van der Waals surface area contributed by atoms with Gasteiger partial charge in [-0.25, -0.2) is 0 Å². The first-order valence-electron chi connectivity index (χ1n) is 6.93. The van der Waals surface area contributed by atoms with Gasteiger partial charge in [0.2, 0.25) is 0 Å². The Hall–Kier alpha value is -0.540. The van der Waals surface area contributed by atoms with Crippen LogP contribution in [0.25, 0.3) is 0 Å². The van der Waals surface area contributed by atoms with Crippen molar-refractivity contribution in [2.24, 2.45) is 0 Å². The van der Waals surface area contributed by atoms with E-state index in [2.05, 4.69) is 65.1 Å². The molecule has 0 amide bonds. The zero-order chi connectivity index (χ0) is 13.1. The van der Waals surface area contributed by atoms with Gasteiger partial charge in [-0.1, -0.05) is 28.9 Å². The molecule has 1 aromatic carbocycles. The molecule has 1 saturated heterocycles. The number of nitrogens with one attached hydrogen (secondary N) is 1. The highest BCUT2D eigenvalue weighted by Gasteiger charge is 2.24. The summed E-state index contributed by atoms with van der Waals surface area (Å²) in [7, 11) is 0. The fourth-order valence-corrected chi connectivity index (χ4v) is 3.19. The van der Waals surface area contributed by atoms with Crippen LogP contribution < -0.4 is 10.2 Å². The second-order valence-electron chi connectivity index (χ2n) is 5.17. The molecule has 2 nitrogen and oxygen atoms in total. The summed E-state index contributed by atoms with van der Waals surface area (Å²) in [6.07, 6.45) is 2.62. The van der Waals surface area contributed by atoms with Gasteiger partial charge in [0.25, 0.3) is 0 Å². The Balaban J connectivity index is 2.34. The Morgan fingerprint density at radius 3 is 2.89 bits per heavy atom. The van der Waals surface area contributed by atoms with Crippen LogP contribution in [0, 0.1) is 0 Å². The first-order chi connectivity index (χ1) is 8.63. The minimum absolute atomic E-state index is 0.408. The molecule has 3 heteroatoms. The Morgan fingerprint density at radius 2 is 2.28 bits per heavy atom. The highest BCUT2D eigenvalue weighted by atomic mass is 79.9. The van der Waals surface area contributed by atoms with Crippen LogP contribution in [0.2, 0.25) is 0 Å². The zero-order valence-electron chi connectivity index (χ0n) is 11.5. The zero-order valence-corrected chi connectivity index (χ0v) is 13.1. The number of nitrogens with zero attached hydrogens (tertiary/aromatic N) is 1. The van der Waals surface area contributed by atoms with Gasteiger partial charge in [-0.15, -0.1) is 0 Å². The van der Waals surface area contributed by atoms with Crippen LogP contribution in [0.5, 0.6) is 0 Å². The average Bonchev–Trinajstić information content (AvgIpc) is 2.75. The predicted octanol–water partition coefficient (Wildman–Crippen LogP) is 4.11. The summed E-state index contributed by atoms with van der Waals surface area (Å²) in [6, 6.07) is 7.73. The molecule has 2 rings (SSSR count). The van der Waals surface area contributed by atoms with E-state index < -0.39 is 0 Å². The number of hydrogen-bond acceptors (Lipinski definition) is 2. The minimum Gasteiger partial charge on any atom is -0.369 e. The van der Waals surface area contributed by atoms with Gasteiger partial charge in [0.05, 0.1) is 0 Å². The van der Waals surface area contributed by atoms with Crippen LogP contribution in [0.3, 0.4) is 0 Å². The van der Waals surface area contributed by atoms with Gasteiger partial charge in [0, 0.05) is 28.8 Å². The first kappa shape index (κ1) is 13.9. The average molecular weight is 311 g/mol. The summed E-state index contributed by atoms with van der Waals surface area (Å²) < 4.78 is 1.17. The molecule has 1 heterocycles. The van der Waals surface area contributed by atoms with E-state index in [-0.39, 0.29) is 0 Å². The molecule has 0 radical (unpaired) electrons. The van der Waals surface area contributed by atoms with Gasteiger partial charge < -0.3 is 10.2 Å². The van der Waals surface area contributed by atoms with Crippen molar-refractivity contribution in [2.45, 2.75) is 45.7 Å². The van der Waals surface area contributed by atoms with Crippen LogP contribution in [0.15, 0.2) is 22.7 Å². The second-order valence-corrected chi connectivity index (χ2v) is 6.08. The third-order valence-corrected chi connectivity index (χ3v) is 4.32. The lowest BCUT2D eigenvalue weighted by molar-refractivity contribution is 0.594. The number of halogens is 1. The van der Waals surface area contributed by atoms with E-state index in [4.69, 9.17) is 0 Å². The van der Waals surface area contributed by atoms with Gasteiger partial charge >= 0.3 is 0 Å². The maximum atomic E-state index is 3.60. The number of rotatable bonds is 4. The van der Waals surface area contributed by atoms with E-state index in [1.54, 1.807) is 0 Å². The van der Waals surface area contributed by atoms with E-state index >= 15 is 0 Å². The van der Waals surface area contributed by atoms with Crippen LogP contribution in [0.4, 0.5) is 5.69 Å². The topological polar surface area (TPSA) is 15.3 Å². The molecule has 0 aliphatic carbocycles. The Labute approximate surface area is 119 Å². The van der Waals surface area contributed by atoms with Crippen molar-refractivity contribution in [1.82, 2.24) is 5.32 Å². The van der Waals surface area contributed by atoms with E-state index in [9.17, 15) is 0 Å². The minimum atomic E-state index is 0.408. The number of benzene rings is 1. The third kappa shape index (κ3) is 2.89.